The summed E-state index contributed by atoms with van der Waals surface area (Å²) in [4.78, 5) is 34.7. The van der Waals surface area contributed by atoms with Gasteiger partial charge in [-0.2, -0.15) is 0 Å². The molecule has 3 unspecified atom stereocenters. The molecule has 7 heteroatoms. The maximum Gasteiger partial charge on any atom is 0.333 e. The number of carbonyl (C=O) groups excluding carboxylic acids is 3. The molecule has 1 N–H and O–H groups in total. The van der Waals surface area contributed by atoms with E-state index in [-0.39, 0.29) is 25.2 Å². The fraction of sp³-hybridized carbons (Fsp3) is 0.688. The van der Waals surface area contributed by atoms with Crippen LogP contribution in [0.2, 0.25) is 0 Å². The molecule has 0 aromatic rings. The summed E-state index contributed by atoms with van der Waals surface area (Å²) in [6, 6.07) is 0. The van der Waals surface area contributed by atoms with Crippen LogP contribution < -0.4 is 5.11 Å². The van der Waals surface area contributed by atoms with E-state index in [1.807, 2.05) is 0 Å². The first-order valence-electron chi connectivity index (χ1n) is 7.71. The molecule has 0 heterocycles. The Labute approximate surface area is 135 Å². The van der Waals surface area contributed by atoms with Gasteiger partial charge in [-0.25, -0.2) is 4.79 Å². The predicted octanol–water partition coefficient (Wildman–Crippen LogP) is -0.0438. The molecule has 0 aromatic heterocycles. The van der Waals surface area contributed by atoms with Gasteiger partial charge in [0.25, 0.3) is 0 Å². The number of esters is 2. The van der Waals surface area contributed by atoms with E-state index in [2.05, 4.69) is 6.58 Å². The molecular weight excluding hydrogens is 304 g/mol. The maximum atomic E-state index is 12.1. The minimum Gasteiger partial charge on any atom is -0.550 e. The van der Waals surface area contributed by atoms with E-state index >= 15 is 0 Å². The van der Waals surface area contributed by atoms with E-state index in [4.69, 9.17) is 14.6 Å². The summed E-state index contributed by atoms with van der Waals surface area (Å²) >= 11 is 0. The third-order valence-corrected chi connectivity index (χ3v) is 3.86. The highest BCUT2D eigenvalue weighted by molar-refractivity contribution is 5.87. The topological polar surface area (TPSA) is 113 Å². The summed E-state index contributed by atoms with van der Waals surface area (Å²) in [5.41, 5.74) is 0.198. The van der Waals surface area contributed by atoms with Crippen molar-refractivity contribution in [1.29, 1.82) is 0 Å². The van der Waals surface area contributed by atoms with Crippen LogP contribution >= 0.6 is 0 Å². The van der Waals surface area contributed by atoms with Crippen LogP contribution in [0.3, 0.4) is 0 Å². The molecule has 0 aromatic carbocycles. The molecule has 0 amide bonds. The average molecular weight is 327 g/mol. The molecule has 7 nitrogen and oxygen atoms in total. The number of rotatable bonds is 8. The van der Waals surface area contributed by atoms with Crippen LogP contribution in [-0.2, 0) is 23.9 Å². The van der Waals surface area contributed by atoms with Gasteiger partial charge in [-0.05, 0) is 19.8 Å². The Bertz CT molecular complexity index is 457. The number of hydrogen-bond donors (Lipinski definition) is 1. The van der Waals surface area contributed by atoms with Crippen molar-refractivity contribution >= 4 is 17.9 Å². The van der Waals surface area contributed by atoms with Crippen molar-refractivity contribution < 1.29 is 34.1 Å². The SMILES string of the molecule is C=C(C)C(=O)OC(CCO)COC(=O)C1CCCCC1C(=O)[O-]. The van der Waals surface area contributed by atoms with Crippen molar-refractivity contribution in [2.45, 2.75) is 45.1 Å². The molecule has 0 spiro atoms. The van der Waals surface area contributed by atoms with E-state index in [0.29, 0.717) is 12.8 Å². The van der Waals surface area contributed by atoms with Gasteiger partial charge >= 0.3 is 11.9 Å². The third kappa shape index (κ3) is 6.02. The molecule has 23 heavy (non-hydrogen) atoms. The van der Waals surface area contributed by atoms with Gasteiger partial charge in [0.2, 0.25) is 0 Å². The molecule has 0 saturated heterocycles. The molecule has 0 bridgehead atoms. The molecule has 0 radical (unpaired) electrons. The monoisotopic (exact) mass is 327 g/mol. The first-order chi connectivity index (χ1) is 10.9. The number of carboxylic acids is 1. The van der Waals surface area contributed by atoms with E-state index in [1.54, 1.807) is 0 Å². The lowest BCUT2D eigenvalue weighted by Crippen LogP contribution is -2.42. The second-order valence-corrected chi connectivity index (χ2v) is 5.77. The number of hydrogen-bond acceptors (Lipinski definition) is 7. The summed E-state index contributed by atoms with van der Waals surface area (Å²) in [6.07, 6.45) is 1.65. The van der Waals surface area contributed by atoms with Gasteiger partial charge in [0, 0.05) is 30.5 Å². The summed E-state index contributed by atoms with van der Waals surface area (Å²) < 4.78 is 10.2. The molecule has 3 atom stereocenters. The minimum absolute atomic E-state index is 0.112. The number of aliphatic hydroxyl groups is 1. The van der Waals surface area contributed by atoms with Gasteiger partial charge in [0.05, 0.1) is 5.92 Å². The Morgan fingerprint density at radius 3 is 2.39 bits per heavy atom. The van der Waals surface area contributed by atoms with Crippen molar-refractivity contribution in [3.63, 3.8) is 0 Å². The second kappa shape index (κ2) is 9.29. The lowest BCUT2D eigenvalue weighted by molar-refractivity contribution is -0.314. The Hall–Kier alpha value is -1.89. The van der Waals surface area contributed by atoms with Gasteiger partial charge in [-0.1, -0.05) is 19.4 Å². The van der Waals surface area contributed by atoms with Gasteiger partial charge in [0.15, 0.2) is 0 Å². The van der Waals surface area contributed by atoms with Crippen molar-refractivity contribution in [2.24, 2.45) is 11.8 Å². The lowest BCUT2D eigenvalue weighted by Gasteiger charge is -2.30. The lowest BCUT2D eigenvalue weighted by atomic mass is 9.79. The van der Waals surface area contributed by atoms with Crippen LogP contribution in [-0.4, -0.2) is 42.3 Å². The molecule has 1 aliphatic rings. The average Bonchev–Trinajstić information content (AvgIpc) is 2.52. The van der Waals surface area contributed by atoms with Crippen molar-refractivity contribution in [1.82, 2.24) is 0 Å². The van der Waals surface area contributed by atoms with Crippen LogP contribution in [0.15, 0.2) is 12.2 Å². The zero-order chi connectivity index (χ0) is 17.4. The highest BCUT2D eigenvalue weighted by atomic mass is 16.6. The molecular formula is C16H23O7-. The summed E-state index contributed by atoms with van der Waals surface area (Å²) in [7, 11) is 0. The Morgan fingerprint density at radius 2 is 1.87 bits per heavy atom. The highest BCUT2D eigenvalue weighted by Crippen LogP contribution is 2.30. The van der Waals surface area contributed by atoms with E-state index in [0.717, 1.165) is 12.8 Å². The largest absolute Gasteiger partial charge is 0.550 e. The summed E-state index contributed by atoms with van der Waals surface area (Å²) in [5, 5.41) is 20.1. The number of carboxylic acid groups (broad SMARTS) is 1. The van der Waals surface area contributed by atoms with Crippen LogP contribution in [0.5, 0.6) is 0 Å². The number of ether oxygens (including phenoxy) is 2. The standard InChI is InChI=1S/C16H24O7/c1-10(2)15(20)23-11(7-8-17)9-22-16(21)13-6-4-3-5-12(13)14(18)19/h11-13,17H,1,3-9H2,2H3,(H,18,19)/p-1. The van der Waals surface area contributed by atoms with Crippen molar-refractivity contribution in [2.75, 3.05) is 13.2 Å². The molecule has 1 saturated carbocycles. The smallest absolute Gasteiger partial charge is 0.333 e. The molecule has 0 aliphatic heterocycles. The minimum atomic E-state index is -1.24. The number of aliphatic hydroxyl groups excluding tert-OH is 1. The van der Waals surface area contributed by atoms with E-state index < -0.39 is 35.8 Å². The zero-order valence-corrected chi connectivity index (χ0v) is 13.3. The molecule has 1 aliphatic carbocycles. The zero-order valence-electron chi connectivity index (χ0n) is 13.3. The number of carbonyl (C=O) groups is 3. The Morgan fingerprint density at radius 1 is 1.26 bits per heavy atom. The Balaban J connectivity index is 2.58. The van der Waals surface area contributed by atoms with Gasteiger partial charge < -0.3 is 24.5 Å². The summed E-state index contributed by atoms with van der Waals surface area (Å²) in [5.74, 6) is -4.09. The maximum absolute atomic E-state index is 12.1. The van der Waals surface area contributed by atoms with Crippen molar-refractivity contribution in [3.8, 4) is 0 Å². The van der Waals surface area contributed by atoms with E-state index in [9.17, 15) is 19.5 Å². The van der Waals surface area contributed by atoms with E-state index in [1.165, 1.54) is 6.92 Å². The van der Waals surface area contributed by atoms with Crippen LogP contribution in [0, 0.1) is 11.8 Å². The van der Waals surface area contributed by atoms with Crippen LogP contribution in [0.1, 0.15) is 39.0 Å². The van der Waals surface area contributed by atoms with Gasteiger partial charge in [-0.15, -0.1) is 0 Å². The first kappa shape index (κ1) is 19.2. The quantitative estimate of drug-likeness (QED) is 0.491. The normalized spacial score (nSPS) is 22.0. The molecule has 1 fully saturated rings. The second-order valence-electron chi connectivity index (χ2n) is 5.77. The van der Waals surface area contributed by atoms with Crippen LogP contribution in [0.4, 0.5) is 0 Å². The molecule has 1 rings (SSSR count). The van der Waals surface area contributed by atoms with Crippen LogP contribution in [0.25, 0.3) is 0 Å². The fourth-order valence-corrected chi connectivity index (χ4v) is 2.55. The van der Waals surface area contributed by atoms with Crippen molar-refractivity contribution in [3.05, 3.63) is 12.2 Å². The Kier molecular flexibility index (Phi) is 7.74. The number of aliphatic carboxylic acids is 1. The summed E-state index contributed by atoms with van der Waals surface area (Å²) in [6.45, 7) is 4.47. The van der Waals surface area contributed by atoms with Gasteiger partial charge in [0.1, 0.15) is 12.7 Å². The first-order valence-corrected chi connectivity index (χ1v) is 7.71. The highest BCUT2D eigenvalue weighted by Gasteiger charge is 2.33. The van der Waals surface area contributed by atoms with Gasteiger partial charge in [-0.3, -0.25) is 4.79 Å². The molecule has 130 valence electrons. The predicted molar refractivity (Wildman–Crippen MR) is 77.8 cm³/mol. The fourth-order valence-electron chi connectivity index (χ4n) is 2.55. The third-order valence-electron chi connectivity index (χ3n) is 3.86.